The first kappa shape index (κ1) is 12.3. The van der Waals surface area contributed by atoms with Gasteiger partial charge in [-0.1, -0.05) is 18.2 Å². The van der Waals surface area contributed by atoms with Gasteiger partial charge in [-0.05, 0) is 24.8 Å². The van der Waals surface area contributed by atoms with Crippen molar-refractivity contribution in [3.63, 3.8) is 0 Å². The van der Waals surface area contributed by atoms with Crippen LogP contribution in [0.5, 0.6) is 0 Å². The molecule has 92 valence electrons. The summed E-state index contributed by atoms with van der Waals surface area (Å²) in [5.74, 6) is 0.148. The Morgan fingerprint density at radius 2 is 2.47 bits per heavy atom. The highest BCUT2D eigenvalue weighted by molar-refractivity contribution is 7.10. The van der Waals surface area contributed by atoms with E-state index in [-0.39, 0.29) is 30.4 Å². The van der Waals surface area contributed by atoms with Crippen LogP contribution in [0.3, 0.4) is 0 Å². The van der Waals surface area contributed by atoms with Crippen molar-refractivity contribution in [2.24, 2.45) is 5.92 Å². The molecule has 0 aliphatic heterocycles. The molecular weight excluding hydrogens is 234 g/mol. The number of aliphatic hydroxyl groups is 1. The quantitative estimate of drug-likeness (QED) is 0.803. The normalized spacial score (nSPS) is 24.8. The lowest BCUT2D eigenvalue weighted by atomic mass is 10.1. The molecule has 3 nitrogen and oxygen atoms in total. The highest BCUT2D eigenvalue weighted by Gasteiger charge is 2.23. The summed E-state index contributed by atoms with van der Waals surface area (Å²) in [5.41, 5.74) is 0. The van der Waals surface area contributed by atoms with Gasteiger partial charge in [0.15, 0.2) is 0 Å². The van der Waals surface area contributed by atoms with E-state index in [1.807, 2.05) is 36.6 Å². The number of aliphatic hydroxyl groups excluding tert-OH is 1. The van der Waals surface area contributed by atoms with Gasteiger partial charge < -0.3 is 10.4 Å². The number of nitrogens with one attached hydrogen (secondary N) is 1. The summed E-state index contributed by atoms with van der Waals surface area (Å²) < 4.78 is 0. The van der Waals surface area contributed by atoms with Crippen LogP contribution in [0, 0.1) is 5.92 Å². The van der Waals surface area contributed by atoms with Crippen molar-refractivity contribution in [3.05, 3.63) is 34.5 Å². The van der Waals surface area contributed by atoms with E-state index < -0.39 is 0 Å². The number of hydrogen-bond acceptors (Lipinski definition) is 3. The zero-order valence-corrected chi connectivity index (χ0v) is 10.6. The molecule has 1 heterocycles. The van der Waals surface area contributed by atoms with Gasteiger partial charge in [-0.3, -0.25) is 4.79 Å². The van der Waals surface area contributed by atoms with Crippen molar-refractivity contribution in [3.8, 4) is 0 Å². The van der Waals surface area contributed by atoms with Gasteiger partial charge in [-0.25, -0.2) is 0 Å². The summed E-state index contributed by atoms with van der Waals surface area (Å²) in [4.78, 5) is 13.1. The van der Waals surface area contributed by atoms with E-state index in [2.05, 4.69) is 5.32 Å². The lowest BCUT2D eigenvalue weighted by Crippen LogP contribution is -2.35. The second kappa shape index (κ2) is 5.47. The Morgan fingerprint density at radius 3 is 3.06 bits per heavy atom. The van der Waals surface area contributed by atoms with Crippen LogP contribution in [-0.4, -0.2) is 23.7 Å². The van der Waals surface area contributed by atoms with Gasteiger partial charge in [-0.2, -0.15) is 0 Å². The Labute approximate surface area is 105 Å². The number of carbonyl (C=O) groups excluding carboxylic acids is 1. The second-order valence-corrected chi connectivity index (χ2v) is 5.39. The molecule has 1 amide bonds. The van der Waals surface area contributed by atoms with Crippen molar-refractivity contribution in [2.45, 2.75) is 25.3 Å². The first-order valence-corrected chi connectivity index (χ1v) is 6.71. The minimum Gasteiger partial charge on any atom is -0.396 e. The van der Waals surface area contributed by atoms with Gasteiger partial charge in [0.1, 0.15) is 0 Å². The molecule has 3 atom stereocenters. The Bertz CT molecular complexity index is 400. The van der Waals surface area contributed by atoms with Crippen LogP contribution in [0.4, 0.5) is 0 Å². The molecule has 0 saturated carbocycles. The third-order valence-corrected chi connectivity index (χ3v) is 4.15. The zero-order valence-electron chi connectivity index (χ0n) is 9.80. The van der Waals surface area contributed by atoms with Crippen LogP contribution < -0.4 is 5.32 Å². The van der Waals surface area contributed by atoms with E-state index >= 15 is 0 Å². The summed E-state index contributed by atoms with van der Waals surface area (Å²) in [6.07, 6.45) is 4.75. The summed E-state index contributed by atoms with van der Waals surface area (Å²) in [6.45, 7) is 2.08. The fraction of sp³-hybridized carbons (Fsp3) is 0.462. The molecule has 1 aromatic heterocycles. The molecule has 0 aromatic carbocycles. The van der Waals surface area contributed by atoms with E-state index in [0.29, 0.717) is 0 Å². The molecule has 1 unspecified atom stereocenters. The van der Waals surface area contributed by atoms with Crippen molar-refractivity contribution >= 4 is 17.2 Å². The van der Waals surface area contributed by atoms with Gasteiger partial charge in [0.25, 0.3) is 0 Å². The molecule has 0 radical (unpaired) electrons. The maximum Gasteiger partial charge on any atom is 0.228 e. The van der Waals surface area contributed by atoms with E-state index in [1.165, 1.54) is 0 Å². The largest absolute Gasteiger partial charge is 0.396 e. The lowest BCUT2D eigenvalue weighted by molar-refractivity contribution is -0.122. The predicted molar refractivity (Wildman–Crippen MR) is 69.0 cm³/mol. The maximum atomic E-state index is 12.0. The fourth-order valence-electron chi connectivity index (χ4n) is 1.99. The fourth-order valence-corrected chi connectivity index (χ4v) is 2.77. The first-order chi connectivity index (χ1) is 8.20. The van der Waals surface area contributed by atoms with Crippen LogP contribution in [0.2, 0.25) is 0 Å². The zero-order chi connectivity index (χ0) is 12.3. The highest BCUT2D eigenvalue weighted by atomic mass is 32.1. The molecule has 17 heavy (non-hydrogen) atoms. The average Bonchev–Trinajstić information content (AvgIpc) is 2.98. The number of hydrogen-bond donors (Lipinski definition) is 2. The van der Waals surface area contributed by atoms with Crippen molar-refractivity contribution in [2.75, 3.05) is 6.61 Å². The topological polar surface area (TPSA) is 49.3 Å². The Hall–Kier alpha value is -1.13. The minimum absolute atomic E-state index is 0.0562. The SMILES string of the molecule is CC(C(=O)N[C@@H]1C=C[C@H](CO)C1)c1cccs1. The third-order valence-electron chi connectivity index (χ3n) is 3.10. The Kier molecular flexibility index (Phi) is 3.97. The molecular formula is C13H17NO2S. The highest BCUT2D eigenvalue weighted by Crippen LogP contribution is 2.22. The lowest BCUT2D eigenvalue weighted by Gasteiger charge is -2.16. The summed E-state index contributed by atoms with van der Waals surface area (Å²) >= 11 is 1.60. The molecule has 1 aromatic rings. The average molecular weight is 251 g/mol. The number of amides is 1. The van der Waals surface area contributed by atoms with E-state index in [4.69, 9.17) is 5.11 Å². The van der Waals surface area contributed by atoms with Gasteiger partial charge in [0.05, 0.1) is 5.92 Å². The number of carbonyl (C=O) groups is 1. The van der Waals surface area contributed by atoms with Crippen LogP contribution in [0.1, 0.15) is 24.1 Å². The molecule has 4 heteroatoms. The second-order valence-electron chi connectivity index (χ2n) is 4.42. The number of rotatable bonds is 4. The molecule has 0 saturated heterocycles. The van der Waals surface area contributed by atoms with Crippen molar-refractivity contribution in [1.29, 1.82) is 0 Å². The monoisotopic (exact) mass is 251 g/mol. The third kappa shape index (κ3) is 2.96. The van der Waals surface area contributed by atoms with Gasteiger partial charge in [0, 0.05) is 23.4 Å². The summed E-state index contributed by atoms with van der Waals surface area (Å²) in [7, 11) is 0. The van der Waals surface area contributed by atoms with E-state index in [9.17, 15) is 4.79 Å². The molecule has 0 bridgehead atoms. The Morgan fingerprint density at radius 1 is 1.65 bits per heavy atom. The van der Waals surface area contributed by atoms with Crippen LogP contribution in [-0.2, 0) is 4.79 Å². The summed E-state index contributed by atoms with van der Waals surface area (Å²) in [5, 5.41) is 14.0. The van der Waals surface area contributed by atoms with Crippen LogP contribution in [0.25, 0.3) is 0 Å². The molecule has 1 aliphatic rings. The molecule has 1 aliphatic carbocycles. The smallest absolute Gasteiger partial charge is 0.228 e. The van der Waals surface area contributed by atoms with Crippen molar-refractivity contribution < 1.29 is 9.90 Å². The molecule has 0 fully saturated rings. The van der Waals surface area contributed by atoms with Crippen LogP contribution >= 0.6 is 11.3 Å². The standard InChI is InChI=1S/C13H17NO2S/c1-9(12-3-2-6-17-12)13(16)14-11-5-4-10(7-11)8-15/h2-6,9-11,15H,7-8H2,1H3,(H,14,16)/t9?,10-,11+/m0/s1. The van der Waals surface area contributed by atoms with Crippen LogP contribution in [0.15, 0.2) is 29.7 Å². The van der Waals surface area contributed by atoms with Gasteiger partial charge in [-0.15, -0.1) is 11.3 Å². The van der Waals surface area contributed by atoms with Gasteiger partial charge >= 0.3 is 0 Å². The van der Waals surface area contributed by atoms with E-state index in [1.54, 1.807) is 11.3 Å². The Balaban J connectivity index is 1.88. The van der Waals surface area contributed by atoms with E-state index in [0.717, 1.165) is 11.3 Å². The first-order valence-electron chi connectivity index (χ1n) is 5.83. The molecule has 0 spiro atoms. The number of thiophene rings is 1. The molecule has 2 rings (SSSR count). The van der Waals surface area contributed by atoms with Gasteiger partial charge in [0.2, 0.25) is 5.91 Å². The summed E-state index contributed by atoms with van der Waals surface area (Å²) in [6, 6.07) is 4.01. The van der Waals surface area contributed by atoms with Crippen molar-refractivity contribution in [1.82, 2.24) is 5.32 Å². The predicted octanol–water partition coefficient (Wildman–Crippen LogP) is 1.90. The maximum absolute atomic E-state index is 12.0. The minimum atomic E-state index is -0.100. The molecule has 2 N–H and O–H groups in total.